The van der Waals surface area contributed by atoms with Gasteiger partial charge in [-0.05, 0) is 69.4 Å². The molecular formula is C31H41N5O5. The lowest BCUT2D eigenvalue weighted by Gasteiger charge is -2.43. The van der Waals surface area contributed by atoms with E-state index in [0.29, 0.717) is 44.6 Å². The standard InChI is InChI=1S/C31H41N5O5/c37-28(38)22-9-14-31(40,15-10-22)19-23-7-4-8-25-27(23)41-30(39)36(25)24-12-17-35(18-13-24)26-11-16-32-29(34-26)33-20-21-5-2-1-3-6-21/h1-3,5-6,11,16,22-25,27,40H,4,7-10,12-15,17-20H2,(H,37,38)(H,32,33,34). The number of fused-ring (bicyclic) bond motifs is 1. The molecule has 2 aliphatic carbocycles. The fraction of sp³-hybridized carbons (Fsp3) is 0.613. The van der Waals surface area contributed by atoms with Gasteiger partial charge in [-0.25, -0.2) is 9.78 Å². The molecule has 3 atom stereocenters. The Morgan fingerprint density at radius 1 is 1.05 bits per heavy atom. The number of carboxylic acid groups (broad SMARTS) is 1. The van der Waals surface area contributed by atoms with Crippen LogP contribution in [0.2, 0.25) is 0 Å². The lowest BCUT2D eigenvalue weighted by atomic mass is 9.70. The van der Waals surface area contributed by atoms with Gasteiger partial charge in [-0.3, -0.25) is 9.69 Å². The van der Waals surface area contributed by atoms with Gasteiger partial charge in [0, 0.05) is 37.8 Å². The van der Waals surface area contributed by atoms with Gasteiger partial charge < -0.3 is 25.2 Å². The zero-order valence-corrected chi connectivity index (χ0v) is 23.5. The number of amides is 1. The van der Waals surface area contributed by atoms with Crippen molar-refractivity contribution in [3.05, 3.63) is 48.2 Å². The monoisotopic (exact) mass is 563 g/mol. The summed E-state index contributed by atoms with van der Waals surface area (Å²) in [5.74, 6) is 0.470. The van der Waals surface area contributed by atoms with Crippen LogP contribution < -0.4 is 10.2 Å². The number of hydrogen-bond acceptors (Lipinski definition) is 8. The second-order valence-corrected chi connectivity index (χ2v) is 12.4. The van der Waals surface area contributed by atoms with Crippen LogP contribution in [0, 0.1) is 11.8 Å². The number of piperidine rings is 1. The van der Waals surface area contributed by atoms with E-state index in [1.807, 2.05) is 29.2 Å². The van der Waals surface area contributed by atoms with Crippen molar-refractivity contribution in [3.63, 3.8) is 0 Å². The number of anilines is 2. The Morgan fingerprint density at radius 3 is 2.54 bits per heavy atom. The minimum Gasteiger partial charge on any atom is -0.481 e. The van der Waals surface area contributed by atoms with Crippen molar-refractivity contribution in [1.29, 1.82) is 0 Å². The van der Waals surface area contributed by atoms with Crippen molar-refractivity contribution in [2.24, 2.45) is 11.8 Å². The third-order valence-corrected chi connectivity index (χ3v) is 9.75. The number of benzene rings is 1. The van der Waals surface area contributed by atoms with Crippen LogP contribution in [0.25, 0.3) is 0 Å². The minimum atomic E-state index is -0.865. The van der Waals surface area contributed by atoms with E-state index in [2.05, 4.69) is 27.3 Å². The highest BCUT2D eigenvalue weighted by Crippen LogP contribution is 2.44. The Morgan fingerprint density at radius 2 is 1.80 bits per heavy atom. The number of carbonyl (C=O) groups excluding carboxylic acids is 1. The Labute approximate surface area is 241 Å². The topological polar surface area (TPSA) is 128 Å². The summed E-state index contributed by atoms with van der Waals surface area (Å²) in [5, 5.41) is 23.9. The highest BCUT2D eigenvalue weighted by Gasteiger charge is 2.52. The average molecular weight is 564 g/mol. The van der Waals surface area contributed by atoms with Gasteiger partial charge in [0.2, 0.25) is 5.95 Å². The van der Waals surface area contributed by atoms with Crippen LogP contribution in [-0.4, -0.2) is 74.0 Å². The number of rotatable bonds is 8. The van der Waals surface area contributed by atoms with Crippen LogP contribution in [0.5, 0.6) is 0 Å². The Kier molecular flexibility index (Phi) is 8.01. The maximum atomic E-state index is 13.2. The molecule has 6 rings (SSSR count). The van der Waals surface area contributed by atoms with Gasteiger partial charge in [0.05, 0.1) is 17.6 Å². The molecule has 0 spiro atoms. The van der Waals surface area contributed by atoms with E-state index < -0.39 is 11.6 Å². The van der Waals surface area contributed by atoms with Crippen LogP contribution >= 0.6 is 0 Å². The summed E-state index contributed by atoms with van der Waals surface area (Å²) in [6.07, 6.45) is 8.52. The summed E-state index contributed by atoms with van der Waals surface area (Å²) in [7, 11) is 0. The van der Waals surface area contributed by atoms with Crippen molar-refractivity contribution in [2.45, 2.75) is 94.5 Å². The Hall–Kier alpha value is -3.40. The molecule has 4 aliphatic rings. The highest BCUT2D eigenvalue weighted by molar-refractivity contribution is 5.71. The van der Waals surface area contributed by atoms with E-state index >= 15 is 0 Å². The predicted molar refractivity (Wildman–Crippen MR) is 153 cm³/mol. The largest absolute Gasteiger partial charge is 0.481 e. The first-order chi connectivity index (χ1) is 19.9. The normalized spacial score (nSPS) is 30.5. The summed E-state index contributed by atoms with van der Waals surface area (Å²) < 4.78 is 6.02. The molecule has 4 fully saturated rings. The number of carbonyl (C=O) groups is 2. The van der Waals surface area contributed by atoms with Crippen molar-refractivity contribution in [3.8, 4) is 0 Å². The van der Waals surface area contributed by atoms with Crippen molar-refractivity contribution >= 4 is 23.8 Å². The lowest BCUT2D eigenvalue weighted by molar-refractivity contribution is -0.145. The highest BCUT2D eigenvalue weighted by atomic mass is 16.6. The van der Waals surface area contributed by atoms with Crippen molar-refractivity contribution in [1.82, 2.24) is 14.9 Å². The molecule has 3 heterocycles. The molecule has 1 aromatic carbocycles. The Balaban J connectivity index is 1.04. The number of nitrogens with zero attached hydrogens (tertiary/aromatic N) is 4. The molecule has 220 valence electrons. The third kappa shape index (κ3) is 6.12. The molecule has 2 aliphatic heterocycles. The molecule has 1 aromatic heterocycles. The maximum absolute atomic E-state index is 13.2. The van der Waals surface area contributed by atoms with Crippen LogP contribution in [0.15, 0.2) is 42.6 Å². The number of ether oxygens (including phenoxy) is 1. The van der Waals surface area contributed by atoms with Gasteiger partial charge in [0.25, 0.3) is 0 Å². The molecule has 2 aromatic rings. The first-order valence-electron chi connectivity index (χ1n) is 15.2. The van der Waals surface area contributed by atoms with E-state index in [0.717, 1.165) is 51.0 Å². The molecule has 0 radical (unpaired) electrons. The first kappa shape index (κ1) is 27.8. The van der Waals surface area contributed by atoms with E-state index in [9.17, 15) is 19.8 Å². The van der Waals surface area contributed by atoms with Crippen molar-refractivity contribution < 1.29 is 24.5 Å². The minimum absolute atomic E-state index is 0.0459. The van der Waals surface area contributed by atoms with Gasteiger partial charge in [-0.1, -0.05) is 36.8 Å². The Bertz CT molecular complexity index is 1210. The van der Waals surface area contributed by atoms with E-state index in [1.54, 1.807) is 6.20 Å². The van der Waals surface area contributed by atoms with Gasteiger partial charge in [0.15, 0.2) is 0 Å². The molecule has 2 saturated heterocycles. The molecule has 10 heteroatoms. The number of aromatic nitrogens is 2. The number of aliphatic hydroxyl groups is 1. The molecular weight excluding hydrogens is 522 g/mol. The second-order valence-electron chi connectivity index (χ2n) is 12.4. The number of hydrogen-bond donors (Lipinski definition) is 3. The van der Waals surface area contributed by atoms with Gasteiger partial charge in [-0.15, -0.1) is 0 Å². The van der Waals surface area contributed by atoms with Crippen LogP contribution in [0.4, 0.5) is 16.6 Å². The summed E-state index contributed by atoms with van der Waals surface area (Å²) >= 11 is 0. The van der Waals surface area contributed by atoms with Gasteiger partial charge >= 0.3 is 12.1 Å². The number of carboxylic acids is 1. The second kappa shape index (κ2) is 11.8. The lowest BCUT2D eigenvalue weighted by Crippen LogP contribution is -2.52. The fourth-order valence-electron chi connectivity index (χ4n) is 7.51. The summed E-state index contributed by atoms with van der Waals surface area (Å²) in [4.78, 5) is 38.0. The molecule has 1 amide bonds. The van der Waals surface area contributed by atoms with Gasteiger partial charge in [-0.2, -0.15) is 4.98 Å². The number of nitrogens with one attached hydrogen (secondary N) is 1. The van der Waals surface area contributed by atoms with Crippen LogP contribution in [0.1, 0.15) is 69.8 Å². The molecule has 3 N–H and O–H groups in total. The van der Waals surface area contributed by atoms with Gasteiger partial charge in [0.1, 0.15) is 11.9 Å². The molecule has 10 nitrogen and oxygen atoms in total. The predicted octanol–water partition coefficient (Wildman–Crippen LogP) is 4.44. The smallest absolute Gasteiger partial charge is 0.410 e. The van der Waals surface area contributed by atoms with Crippen molar-refractivity contribution in [2.75, 3.05) is 23.3 Å². The molecule has 2 saturated carbocycles. The van der Waals surface area contributed by atoms with Crippen LogP contribution in [-0.2, 0) is 16.1 Å². The summed E-state index contributed by atoms with van der Waals surface area (Å²) in [6, 6.07) is 12.3. The summed E-state index contributed by atoms with van der Waals surface area (Å²) in [5.41, 5.74) is 0.304. The molecule has 41 heavy (non-hydrogen) atoms. The molecule has 3 unspecified atom stereocenters. The first-order valence-corrected chi connectivity index (χ1v) is 15.2. The zero-order valence-electron chi connectivity index (χ0n) is 23.5. The SMILES string of the molecule is O=C(O)C1CCC(O)(CC2CCCC3C2OC(=O)N3C2CCN(c3ccnc(NCc4ccccc4)n3)CC2)CC1. The zero-order chi connectivity index (χ0) is 28.4. The average Bonchev–Trinajstić information content (AvgIpc) is 3.33. The molecule has 0 bridgehead atoms. The third-order valence-electron chi connectivity index (χ3n) is 9.75. The van der Waals surface area contributed by atoms with E-state index in [4.69, 9.17) is 9.72 Å². The van der Waals surface area contributed by atoms with E-state index in [-0.39, 0.29) is 36.1 Å². The van der Waals surface area contributed by atoms with E-state index in [1.165, 1.54) is 5.56 Å². The number of aliphatic carboxylic acids is 1. The fourth-order valence-corrected chi connectivity index (χ4v) is 7.51. The quantitative estimate of drug-likeness (QED) is 0.427. The summed E-state index contributed by atoms with van der Waals surface area (Å²) in [6.45, 7) is 2.26. The van der Waals surface area contributed by atoms with Crippen LogP contribution in [0.3, 0.4) is 0 Å². The maximum Gasteiger partial charge on any atom is 0.410 e.